The zero-order chi connectivity index (χ0) is 21.0. The Morgan fingerprint density at radius 3 is 2.41 bits per heavy atom. The molecule has 29 heavy (non-hydrogen) atoms. The molecule has 4 nitrogen and oxygen atoms in total. The van der Waals surface area contributed by atoms with Gasteiger partial charge in [-0.1, -0.05) is 50.2 Å². The number of carbonyl (C=O) groups excluding carboxylic acids is 2. The predicted octanol–water partition coefficient (Wildman–Crippen LogP) is 4.82. The fourth-order valence-electron chi connectivity index (χ4n) is 3.93. The van der Waals surface area contributed by atoms with Gasteiger partial charge in [0, 0.05) is 32.0 Å². The van der Waals surface area contributed by atoms with E-state index in [2.05, 4.69) is 26.0 Å². The van der Waals surface area contributed by atoms with E-state index >= 15 is 0 Å². The molecule has 0 saturated heterocycles. The zero-order valence-corrected chi connectivity index (χ0v) is 17.9. The SMILES string of the molecule is CC(C)CCC(=O)OC1c2ccccc2CC1Cc1ccc(C(=O)N(C)C)cc1. The molecule has 0 N–H and O–H groups in total. The highest BCUT2D eigenvalue weighted by Gasteiger charge is 2.35. The first-order valence-corrected chi connectivity index (χ1v) is 10.4. The fraction of sp³-hybridized carbons (Fsp3) is 0.440. The highest BCUT2D eigenvalue weighted by atomic mass is 16.5. The van der Waals surface area contributed by atoms with Gasteiger partial charge >= 0.3 is 5.97 Å². The molecule has 2 aromatic rings. The Morgan fingerprint density at radius 1 is 1.07 bits per heavy atom. The Balaban J connectivity index is 1.73. The van der Waals surface area contributed by atoms with E-state index in [1.165, 1.54) is 5.56 Å². The number of carbonyl (C=O) groups is 2. The quantitative estimate of drug-likeness (QED) is 0.634. The average molecular weight is 394 g/mol. The van der Waals surface area contributed by atoms with Crippen molar-refractivity contribution in [2.45, 2.75) is 45.6 Å². The smallest absolute Gasteiger partial charge is 0.306 e. The van der Waals surface area contributed by atoms with Gasteiger partial charge in [0.1, 0.15) is 6.10 Å². The number of amides is 1. The van der Waals surface area contributed by atoms with Gasteiger partial charge in [-0.25, -0.2) is 0 Å². The Labute approximate surface area is 173 Å². The second kappa shape index (κ2) is 9.25. The van der Waals surface area contributed by atoms with E-state index in [4.69, 9.17) is 4.74 Å². The predicted molar refractivity (Wildman–Crippen MR) is 115 cm³/mol. The molecule has 0 fully saturated rings. The third-order valence-corrected chi connectivity index (χ3v) is 5.56. The van der Waals surface area contributed by atoms with Gasteiger partial charge in [-0.3, -0.25) is 9.59 Å². The molecule has 0 aliphatic heterocycles. The van der Waals surface area contributed by atoms with Gasteiger partial charge in [-0.05, 0) is 54.0 Å². The second-order valence-electron chi connectivity index (χ2n) is 8.61. The van der Waals surface area contributed by atoms with Crippen LogP contribution in [0.1, 0.15) is 59.8 Å². The summed E-state index contributed by atoms with van der Waals surface area (Å²) in [5.74, 6) is 0.586. The van der Waals surface area contributed by atoms with Crippen LogP contribution in [0.2, 0.25) is 0 Å². The van der Waals surface area contributed by atoms with Crippen molar-refractivity contribution in [3.05, 3.63) is 70.8 Å². The summed E-state index contributed by atoms with van der Waals surface area (Å²) >= 11 is 0. The first-order valence-electron chi connectivity index (χ1n) is 10.4. The van der Waals surface area contributed by atoms with Crippen LogP contribution in [-0.4, -0.2) is 30.9 Å². The minimum atomic E-state index is -0.200. The maximum atomic E-state index is 12.4. The molecule has 1 aliphatic rings. The largest absolute Gasteiger partial charge is 0.457 e. The van der Waals surface area contributed by atoms with Crippen molar-refractivity contribution in [2.24, 2.45) is 11.8 Å². The summed E-state index contributed by atoms with van der Waals surface area (Å²) in [6.45, 7) is 4.23. The number of esters is 1. The summed E-state index contributed by atoms with van der Waals surface area (Å²) in [5.41, 5.74) is 4.24. The number of fused-ring (bicyclic) bond motifs is 1. The van der Waals surface area contributed by atoms with Crippen molar-refractivity contribution in [2.75, 3.05) is 14.1 Å². The van der Waals surface area contributed by atoms with Crippen molar-refractivity contribution in [1.82, 2.24) is 4.90 Å². The van der Waals surface area contributed by atoms with Crippen LogP contribution in [0.4, 0.5) is 0 Å². The Bertz CT molecular complexity index is 855. The summed E-state index contributed by atoms with van der Waals surface area (Å²) in [6.07, 6.45) is 2.82. The van der Waals surface area contributed by atoms with Gasteiger partial charge in [-0.15, -0.1) is 0 Å². The number of hydrogen-bond donors (Lipinski definition) is 0. The van der Waals surface area contributed by atoms with Crippen LogP contribution in [0, 0.1) is 11.8 Å². The molecule has 0 radical (unpaired) electrons. The second-order valence-corrected chi connectivity index (χ2v) is 8.61. The molecule has 0 aromatic heterocycles. The van der Waals surface area contributed by atoms with Crippen LogP contribution in [0.15, 0.2) is 48.5 Å². The van der Waals surface area contributed by atoms with Crippen molar-refractivity contribution in [3.8, 4) is 0 Å². The molecular weight excluding hydrogens is 362 g/mol. The molecule has 0 heterocycles. The Morgan fingerprint density at radius 2 is 1.76 bits per heavy atom. The number of ether oxygens (including phenoxy) is 1. The lowest BCUT2D eigenvalue weighted by Gasteiger charge is -2.22. The van der Waals surface area contributed by atoms with E-state index in [0.29, 0.717) is 17.9 Å². The van der Waals surface area contributed by atoms with Crippen molar-refractivity contribution < 1.29 is 14.3 Å². The first-order chi connectivity index (χ1) is 13.8. The molecule has 0 spiro atoms. The first kappa shape index (κ1) is 21.1. The molecule has 2 unspecified atom stereocenters. The van der Waals surface area contributed by atoms with Gasteiger partial charge in [0.05, 0.1) is 0 Å². The maximum Gasteiger partial charge on any atom is 0.306 e. The lowest BCUT2D eigenvalue weighted by molar-refractivity contribution is -0.152. The molecule has 1 amide bonds. The van der Waals surface area contributed by atoms with Crippen molar-refractivity contribution >= 4 is 11.9 Å². The molecule has 2 atom stereocenters. The Hall–Kier alpha value is -2.62. The molecule has 154 valence electrons. The van der Waals surface area contributed by atoms with Crippen LogP contribution in [0.5, 0.6) is 0 Å². The van der Waals surface area contributed by atoms with Crippen molar-refractivity contribution in [1.29, 1.82) is 0 Å². The monoisotopic (exact) mass is 393 g/mol. The number of hydrogen-bond acceptors (Lipinski definition) is 3. The van der Waals surface area contributed by atoms with Crippen LogP contribution < -0.4 is 0 Å². The van der Waals surface area contributed by atoms with Gasteiger partial charge < -0.3 is 9.64 Å². The van der Waals surface area contributed by atoms with Gasteiger partial charge in [-0.2, -0.15) is 0 Å². The molecule has 0 saturated carbocycles. The third-order valence-electron chi connectivity index (χ3n) is 5.56. The Kier molecular flexibility index (Phi) is 6.73. The maximum absolute atomic E-state index is 12.4. The van der Waals surface area contributed by atoms with E-state index in [1.54, 1.807) is 19.0 Å². The topological polar surface area (TPSA) is 46.6 Å². The van der Waals surface area contributed by atoms with E-state index < -0.39 is 0 Å². The summed E-state index contributed by atoms with van der Waals surface area (Å²) < 4.78 is 5.97. The third kappa shape index (κ3) is 5.26. The summed E-state index contributed by atoms with van der Waals surface area (Å²) in [4.78, 5) is 26.1. The number of nitrogens with zero attached hydrogens (tertiary/aromatic N) is 1. The van der Waals surface area contributed by atoms with Crippen LogP contribution in [-0.2, 0) is 22.4 Å². The number of rotatable bonds is 7. The lowest BCUT2D eigenvalue weighted by atomic mass is 9.94. The lowest BCUT2D eigenvalue weighted by Crippen LogP contribution is -2.21. The van der Waals surface area contributed by atoms with Gasteiger partial charge in [0.15, 0.2) is 0 Å². The highest BCUT2D eigenvalue weighted by Crippen LogP contribution is 2.40. The van der Waals surface area contributed by atoms with E-state index in [0.717, 1.165) is 30.4 Å². The van der Waals surface area contributed by atoms with Gasteiger partial charge in [0.2, 0.25) is 0 Å². The van der Waals surface area contributed by atoms with Gasteiger partial charge in [0.25, 0.3) is 5.91 Å². The standard InChI is InChI=1S/C25H31NO3/c1-17(2)9-14-23(27)29-24-21(16-20-7-5-6-8-22(20)24)15-18-10-12-19(13-11-18)25(28)26(3)4/h5-8,10-13,17,21,24H,9,14-16H2,1-4H3. The van der Waals surface area contributed by atoms with E-state index in [-0.39, 0.29) is 23.9 Å². The van der Waals surface area contributed by atoms with Crippen molar-refractivity contribution in [3.63, 3.8) is 0 Å². The number of benzene rings is 2. The minimum Gasteiger partial charge on any atom is -0.457 e. The summed E-state index contributed by atoms with van der Waals surface area (Å²) in [7, 11) is 3.51. The highest BCUT2D eigenvalue weighted by molar-refractivity contribution is 5.93. The molecule has 4 heteroatoms. The molecule has 1 aliphatic carbocycles. The molecule has 2 aromatic carbocycles. The zero-order valence-electron chi connectivity index (χ0n) is 17.9. The molecular formula is C25H31NO3. The summed E-state index contributed by atoms with van der Waals surface area (Å²) in [6, 6.07) is 16.0. The molecule has 3 rings (SSSR count). The fourth-order valence-corrected chi connectivity index (χ4v) is 3.93. The minimum absolute atomic E-state index is 0.00165. The van der Waals surface area contributed by atoms with E-state index in [1.807, 2.05) is 36.4 Å². The van der Waals surface area contributed by atoms with Crippen LogP contribution in [0.3, 0.4) is 0 Å². The van der Waals surface area contributed by atoms with E-state index in [9.17, 15) is 9.59 Å². The summed E-state index contributed by atoms with van der Waals surface area (Å²) in [5, 5.41) is 0. The normalized spacial score (nSPS) is 17.8. The van der Waals surface area contributed by atoms with Crippen LogP contribution in [0.25, 0.3) is 0 Å². The van der Waals surface area contributed by atoms with Crippen LogP contribution >= 0.6 is 0 Å². The molecule has 0 bridgehead atoms. The average Bonchev–Trinajstić information content (AvgIpc) is 3.03.